The van der Waals surface area contributed by atoms with Gasteiger partial charge >= 0.3 is 12.1 Å². The van der Waals surface area contributed by atoms with Crippen molar-refractivity contribution in [2.45, 2.75) is 57.8 Å². The average molecular weight is 430 g/mol. The second kappa shape index (κ2) is 9.52. The lowest BCUT2D eigenvalue weighted by Crippen LogP contribution is -2.52. The summed E-state index contributed by atoms with van der Waals surface area (Å²) >= 11 is 5.99. The predicted molar refractivity (Wildman–Crippen MR) is 117 cm³/mol. The van der Waals surface area contributed by atoms with Crippen molar-refractivity contribution in [2.24, 2.45) is 0 Å². The summed E-state index contributed by atoms with van der Waals surface area (Å²) in [5, 5.41) is 0.680. The molecule has 0 radical (unpaired) electrons. The molecule has 5 nitrogen and oxygen atoms in total. The molecule has 30 heavy (non-hydrogen) atoms. The summed E-state index contributed by atoms with van der Waals surface area (Å²) in [7, 11) is 0. The lowest BCUT2D eigenvalue weighted by atomic mass is 9.94. The number of halogens is 1. The van der Waals surface area contributed by atoms with E-state index in [-0.39, 0.29) is 24.2 Å². The van der Waals surface area contributed by atoms with E-state index >= 15 is 0 Å². The minimum atomic E-state index is -0.602. The van der Waals surface area contributed by atoms with Gasteiger partial charge in [-0.3, -0.25) is 0 Å². The first-order chi connectivity index (χ1) is 14.2. The highest BCUT2D eigenvalue weighted by Gasteiger charge is 2.36. The topological polar surface area (TPSA) is 55.8 Å². The van der Waals surface area contributed by atoms with Gasteiger partial charge in [-0.15, -0.1) is 0 Å². The highest BCUT2D eigenvalue weighted by atomic mass is 35.5. The van der Waals surface area contributed by atoms with Crippen LogP contribution in [-0.4, -0.2) is 41.3 Å². The van der Waals surface area contributed by atoms with Gasteiger partial charge < -0.3 is 14.4 Å². The van der Waals surface area contributed by atoms with E-state index in [2.05, 4.69) is 0 Å². The predicted octanol–water partition coefficient (Wildman–Crippen LogP) is 5.51. The fourth-order valence-electron chi connectivity index (χ4n) is 3.53. The molecule has 1 aliphatic heterocycles. The SMILES string of the molecule is CC(C)(C)OC(=O)N1C[C@@H](OC(=O)c2ccccc2)CC[C@@H]1Cc1ccc(Cl)cc1. The summed E-state index contributed by atoms with van der Waals surface area (Å²) in [6.07, 6.45) is 1.34. The van der Waals surface area contributed by atoms with Gasteiger partial charge in [0, 0.05) is 11.1 Å². The van der Waals surface area contributed by atoms with Gasteiger partial charge in [0.05, 0.1) is 12.1 Å². The molecule has 160 valence electrons. The number of hydrogen-bond acceptors (Lipinski definition) is 4. The fourth-order valence-corrected chi connectivity index (χ4v) is 3.66. The van der Waals surface area contributed by atoms with Crippen molar-refractivity contribution in [3.8, 4) is 0 Å². The molecule has 6 heteroatoms. The van der Waals surface area contributed by atoms with E-state index in [1.807, 2.05) is 51.1 Å². The fraction of sp³-hybridized carbons (Fsp3) is 0.417. The van der Waals surface area contributed by atoms with E-state index in [0.29, 0.717) is 36.4 Å². The summed E-state index contributed by atoms with van der Waals surface area (Å²) < 4.78 is 11.3. The zero-order chi connectivity index (χ0) is 21.7. The molecule has 0 bridgehead atoms. The van der Waals surface area contributed by atoms with Crippen LogP contribution >= 0.6 is 11.6 Å². The second-order valence-electron chi connectivity index (χ2n) is 8.59. The van der Waals surface area contributed by atoms with E-state index in [9.17, 15) is 9.59 Å². The largest absolute Gasteiger partial charge is 0.457 e. The van der Waals surface area contributed by atoms with Crippen LogP contribution in [0.25, 0.3) is 0 Å². The highest BCUT2D eigenvalue weighted by Crippen LogP contribution is 2.26. The third-order valence-corrected chi connectivity index (χ3v) is 5.21. The van der Waals surface area contributed by atoms with Crippen molar-refractivity contribution in [3.05, 3.63) is 70.7 Å². The van der Waals surface area contributed by atoms with Crippen molar-refractivity contribution in [1.29, 1.82) is 0 Å². The number of rotatable bonds is 4. The zero-order valence-corrected chi connectivity index (χ0v) is 18.4. The Labute approximate surface area is 182 Å². The zero-order valence-electron chi connectivity index (χ0n) is 17.6. The van der Waals surface area contributed by atoms with Gasteiger partial charge in [0.15, 0.2) is 0 Å². The number of amides is 1. The Morgan fingerprint density at radius 1 is 1.03 bits per heavy atom. The molecule has 2 aromatic carbocycles. The maximum absolute atomic E-state index is 12.9. The number of carbonyl (C=O) groups is 2. The minimum Gasteiger partial charge on any atom is -0.457 e. The van der Waals surface area contributed by atoms with Crippen LogP contribution in [0.5, 0.6) is 0 Å². The second-order valence-corrected chi connectivity index (χ2v) is 9.02. The Morgan fingerprint density at radius 2 is 1.70 bits per heavy atom. The van der Waals surface area contributed by atoms with Crippen molar-refractivity contribution < 1.29 is 19.1 Å². The van der Waals surface area contributed by atoms with E-state index in [0.717, 1.165) is 5.56 Å². The maximum atomic E-state index is 12.9. The molecule has 0 N–H and O–H groups in total. The summed E-state index contributed by atoms with van der Waals surface area (Å²) in [5.74, 6) is -0.374. The monoisotopic (exact) mass is 429 g/mol. The Balaban J connectivity index is 1.72. The standard InChI is InChI=1S/C24H28ClNO4/c1-24(2,3)30-23(28)26-16-21(29-22(27)18-7-5-4-6-8-18)14-13-20(26)15-17-9-11-19(25)12-10-17/h4-12,20-21H,13-16H2,1-3H3/t20-,21+/m1/s1. The Bertz CT molecular complexity index is 861. The number of nitrogens with zero attached hydrogens (tertiary/aromatic N) is 1. The first-order valence-corrected chi connectivity index (χ1v) is 10.6. The Morgan fingerprint density at radius 3 is 2.33 bits per heavy atom. The molecular weight excluding hydrogens is 402 g/mol. The van der Waals surface area contributed by atoms with Gasteiger partial charge in [-0.25, -0.2) is 9.59 Å². The van der Waals surface area contributed by atoms with E-state index < -0.39 is 5.60 Å². The number of likely N-dealkylation sites (tertiary alicyclic amines) is 1. The van der Waals surface area contributed by atoms with E-state index in [4.69, 9.17) is 21.1 Å². The third kappa shape index (κ3) is 6.23. The van der Waals surface area contributed by atoms with Crippen molar-refractivity contribution in [2.75, 3.05) is 6.54 Å². The molecule has 0 aliphatic carbocycles. The van der Waals surface area contributed by atoms with Crippen LogP contribution in [0.2, 0.25) is 5.02 Å². The number of hydrogen-bond donors (Lipinski definition) is 0. The first kappa shape index (κ1) is 22.2. The van der Waals surface area contributed by atoms with Gasteiger partial charge in [0.25, 0.3) is 0 Å². The van der Waals surface area contributed by atoms with Crippen molar-refractivity contribution in [1.82, 2.24) is 4.90 Å². The summed E-state index contributed by atoms with van der Waals surface area (Å²) in [5.41, 5.74) is 0.998. The number of esters is 1. The van der Waals surface area contributed by atoms with Gasteiger partial charge in [-0.1, -0.05) is 41.9 Å². The van der Waals surface area contributed by atoms with Crippen molar-refractivity contribution >= 4 is 23.7 Å². The quantitative estimate of drug-likeness (QED) is 0.601. The molecular formula is C24H28ClNO4. The van der Waals surface area contributed by atoms with Crippen LogP contribution in [0.15, 0.2) is 54.6 Å². The molecule has 1 fully saturated rings. The first-order valence-electron chi connectivity index (χ1n) is 10.2. The average Bonchev–Trinajstić information content (AvgIpc) is 2.70. The smallest absolute Gasteiger partial charge is 0.410 e. The molecule has 0 aromatic heterocycles. The van der Waals surface area contributed by atoms with Crippen LogP contribution in [0, 0.1) is 0 Å². The van der Waals surface area contributed by atoms with Gasteiger partial charge in [-0.2, -0.15) is 0 Å². The Kier molecular flexibility index (Phi) is 7.03. The molecule has 0 spiro atoms. The van der Waals surface area contributed by atoms with Gasteiger partial charge in [0.2, 0.25) is 0 Å². The van der Waals surface area contributed by atoms with E-state index in [1.54, 1.807) is 29.2 Å². The van der Waals surface area contributed by atoms with Crippen LogP contribution in [0.1, 0.15) is 49.5 Å². The minimum absolute atomic E-state index is 0.0345. The molecule has 0 unspecified atom stereocenters. The van der Waals surface area contributed by atoms with E-state index in [1.165, 1.54) is 0 Å². The molecule has 0 saturated carbocycles. The van der Waals surface area contributed by atoms with Crippen LogP contribution < -0.4 is 0 Å². The highest BCUT2D eigenvalue weighted by molar-refractivity contribution is 6.30. The molecule has 1 heterocycles. The van der Waals surface area contributed by atoms with Crippen LogP contribution in [-0.2, 0) is 15.9 Å². The summed E-state index contributed by atoms with van der Waals surface area (Å²) in [6.45, 7) is 5.84. The van der Waals surface area contributed by atoms with Crippen LogP contribution in [0.3, 0.4) is 0 Å². The molecule has 1 saturated heterocycles. The maximum Gasteiger partial charge on any atom is 0.410 e. The summed E-state index contributed by atoms with van der Waals surface area (Å²) in [6, 6.07) is 16.5. The number of ether oxygens (including phenoxy) is 2. The lowest BCUT2D eigenvalue weighted by Gasteiger charge is -2.40. The van der Waals surface area contributed by atoms with Gasteiger partial charge in [-0.05, 0) is 69.9 Å². The van der Waals surface area contributed by atoms with Gasteiger partial charge in [0.1, 0.15) is 11.7 Å². The lowest BCUT2D eigenvalue weighted by molar-refractivity contribution is -0.0256. The number of carbonyl (C=O) groups excluding carboxylic acids is 2. The molecule has 2 aromatic rings. The normalized spacial score (nSPS) is 19.3. The molecule has 1 amide bonds. The van der Waals surface area contributed by atoms with Crippen LogP contribution in [0.4, 0.5) is 4.79 Å². The number of benzene rings is 2. The van der Waals surface area contributed by atoms with Crippen molar-refractivity contribution in [3.63, 3.8) is 0 Å². The summed E-state index contributed by atoms with van der Waals surface area (Å²) in [4.78, 5) is 27.1. The third-order valence-electron chi connectivity index (χ3n) is 4.96. The molecule has 1 aliphatic rings. The molecule has 3 rings (SSSR count). The molecule has 2 atom stereocenters. The Hall–Kier alpha value is -2.53. The number of piperidine rings is 1.